The highest BCUT2D eigenvalue weighted by molar-refractivity contribution is 5.45. The first kappa shape index (κ1) is 9.16. The van der Waals surface area contributed by atoms with Crippen LogP contribution in [0.25, 0.3) is 0 Å². The van der Waals surface area contributed by atoms with Gasteiger partial charge in [0.15, 0.2) is 0 Å². The van der Waals surface area contributed by atoms with E-state index in [4.69, 9.17) is 0 Å². The number of rotatable bonds is 1. The molecule has 0 spiro atoms. The molecule has 1 aromatic rings. The van der Waals surface area contributed by atoms with Crippen molar-refractivity contribution in [3.05, 3.63) is 24.5 Å². The molecule has 0 aliphatic carbocycles. The van der Waals surface area contributed by atoms with Crippen molar-refractivity contribution in [2.24, 2.45) is 11.8 Å². The fraction of sp³-hybridized carbons (Fsp3) is 0.583. The van der Waals surface area contributed by atoms with Crippen LogP contribution in [0.5, 0.6) is 0 Å². The third kappa shape index (κ3) is 1.61. The van der Waals surface area contributed by atoms with Gasteiger partial charge in [-0.25, -0.2) is 0 Å². The quantitative estimate of drug-likeness (QED) is 0.681. The summed E-state index contributed by atoms with van der Waals surface area (Å²) in [6.45, 7) is 4.95. The summed E-state index contributed by atoms with van der Waals surface area (Å²) in [5.41, 5.74) is 1.29. The Hall–Kier alpha value is -1.09. The molecule has 0 bridgehead atoms. The summed E-state index contributed by atoms with van der Waals surface area (Å²) in [7, 11) is 2.23. The van der Waals surface area contributed by atoms with E-state index < -0.39 is 0 Å². The van der Waals surface area contributed by atoms with E-state index in [0.717, 1.165) is 11.8 Å². The van der Waals surface area contributed by atoms with Gasteiger partial charge in [-0.05, 0) is 31.0 Å². The fourth-order valence-electron chi connectivity index (χ4n) is 2.98. The highest BCUT2D eigenvalue weighted by Gasteiger charge is 2.38. The minimum atomic E-state index is 0.871. The van der Waals surface area contributed by atoms with Crippen molar-refractivity contribution in [3.8, 4) is 0 Å². The van der Waals surface area contributed by atoms with Crippen LogP contribution >= 0.6 is 0 Å². The van der Waals surface area contributed by atoms with Crippen LogP contribution in [0.1, 0.15) is 0 Å². The zero-order valence-electron chi connectivity index (χ0n) is 9.13. The van der Waals surface area contributed by atoms with Crippen LogP contribution in [-0.2, 0) is 0 Å². The Morgan fingerprint density at radius 1 is 1.20 bits per heavy atom. The third-order valence-corrected chi connectivity index (χ3v) is 3.68. The van der Waals surface area contributed by atoms with Crippen molar-refractivity contribution < 1.29 is 0 Å². The molecule has 2 aliphatic rings. The normalized spacial score (nSPS) is 30.9. The molecular formula is C12H17N3. The van der Waals surface area contributed by atoms with E-state index in [1.54, 1.807) is 0 Å². The molecular weight excluding hydrogens is 186 g/mol. The van der Waals surface area contributed by atoms with E-state index in [9.17, 15) is 0 Å². The van der Waals surface area contributed by atoms with E-state index in [0.29, 0.717) is 0 Å². The van der Waals surface area contributed by atoms with Gasteiger partial charge < -0.3 is 9.80 Å². The second kappa shape index (κ2) is 3.49. The van der Waals surface area contributed by atoms with Gasteiger partial charge in [0.05, 0.1) is 11.9 Å². The molecule has 0 saturated carbocycles. The molecule has 0 amide bonds. The summed E-state index contributed by atoms with van der Waals surface area (Å²) in [5.74, 6) is 1.74. The standard InChI is InChI=1S/C12H17N3/c1-14-6-10-8-15(9-11(10)7-14)12-3-2-4-13-5-12/h2-5,10-11H,6-9H2,1H3/t10-,11+. The smallest absolute Gasteiger partial charge is 0.0552 e. The molecule has 2 aliphatic heterocycles. The molecule has 3 heterocycles. The van der Waals surface area contributed by atoms with Crippen LogP contribution < -0.4 is 4.90 Å². The zero-order chi connectivity index (χ0) is 10.3. The maximum Gasteiger partial charge on any atom is 0.0552 e. The molecule has 2 fully saturated rings. The molecule has 3 rings (SSSR count). The monoisotopic (exact) mass is 203 g/mol. The minimum absolute atomic E-state index is 0.871. The molecule has 3 heteroatoms. The second-order valence-electron chi connectivity index (χ2n) is 4.86. The van der Waals surface area contributed by atoms with E-state index >= 15 is 0 Å². The molecule has 1 aromatic heterocycles. The van der Waals surface area contributed by atoms with E-state index in [-0.39, 0.29) is 0 Å². The van der Waals surface area contributed by atoms with Crippen molar-refractivity contribution in [1.82, 2.24) is 9.88 Å². The zero-order valence-corrected chi connectivity index (χ0v) is 9.13. The van der Waals surface area contributed by atoms with Gasteiger partial charge in [-0.3, -0.25) is 4.98 Å². The number of nitrogens with zero attached hydrogens (tertiary/aromatic N) is 3. The summed E-state index contributed by atoms with van der Waals surface area (Å²) in [5, 5.41) is 0. The first-order chi connectivity index (χ1) is 7.33. The van der Waals surface area contributed by atoms with Crippen LogP contribution in [0.2, 0.25) is 0 Å². The molecule has 0 radical (unpaired) electrons. The van der Waals surface area contributed by atoms with E-state index in [1.807, 2.05) is 18.5 Å². The minimum Gasteiger partial charge on any atom is -0.370 e. The molecule has 0 N–H and O–H groups in total. The predicted molar refractivity (Wildman–Crippen MR) is 60.9 cm³/mol. The number of pyridine rings is 1. The number of hydrogen-bond donors (Lipinski definition) is 0. The first-order valence-electron chi connectivity index (χ1n) is 5.66. The van der Waals surface area contributed by atoms with Gasteiger partial charge in [0.2, 0.25) is 0 Å². The SMILES string of the molecule is CN1C[C@@H]2CN(c3cccnc3)C[C@@H]2C1. The number of aromatic nitrogens is 1. The van der Waals surface area contributed by atoms with E-state index in [2.05, 4.69) is 27.9 Å². The molecule has 0 unspecified atom stereocenters. The molecule has 0 aromatic carbocycles. The lowest BCUT2D eigenvalue weighted by molar-refractivity contribution is 0.387. The maximum atomic E-state index is 4.19. The summed E-state index contributed by atoms with van der Waals surface area (Å²) in [4.78, 5) is 9.12. The topological polar surface area (TPSA) is 19.4 Å². The van der Waals surface area contributed by atoms with Crippen LogP contribution in [0.3, 0.4) is 0 Å². The van der Waals surface area contributed by atoms with Gasteiger partial charge in [0.1, 0.15) is 0 Å². The van der Waals surface area contributed by atoms with Gasteiger partial charge >= 0.3 is 0 Å². The lowest BCUT2D eigenvalue weighted by atomic mass is 10.0. The number of hydrogen-bond acceptors (Lipinski definition) is 3. The van der Waals surface area contributed by atoms with Crippen LogP contribution in [0.15, 0.2) is 24.5 Å². The van der Waals surface area contributed by atoms with Crippen molar-refractivity contribution in [3.63, 3.8) is 0 Å². The van der Waals surface area contributed by atoms with Crippen molar-refractivity contribution in [2.45, 2.75) is 0 Å². The lowest BCUT2D eigenvalue weighted by Gasteiger charge is -2.20. The summed E-state index contributed by atoms with van der Waals surface area (Å²) >= 11 is 0. The highest BCUT2D eigenvalue weighted by Crippen LogP contribution is 2.32. The molecule has 80 valence electrons. The van der Waals surface area contributed by atoms with Gasteiger partial charge in [0, 0.05) is 32.4 Å². The first-order valence-corrected chi connectivity index (χ1v) is 5.66. The Labute approximate surface area is 90.7 Å². The Morgan fingerprint density at radius 3 is 2.53 bits per heavy atom. The van der Waals surface area contributed by atoms with Gasteiger partial charge in [-0.15, -0.1) is 0 Å². The van der Waals surface area contributed by atoms with Gasteiger partial charge in [-0.1, -0.05) is 0 Å². The number of anilines is 1. The summed E-state index contributed by atoms with van der Waals surface area (Å²) in [6.07, 6.45) is 3.82. The van der Waals surface area contributed by atoms with Crippen molar-refractivity contribution in [2.75, 3.05) is 38.1 Å². The Balaban J connectivity index is 1.73. The Morgan fingerprint density at radius 2 is 1.93 bits per heavy atom. The maximum absolute atomic E-state index is 4.19. The third-order valence-electron chi connectivity index (χ3n) is 3.68. The molecule has 2 atom stereocenters. The lowest BCUT2D eigenvalue weighted by Crippen LogP contribution is -2.26. The van der Waals surface area contributed by atoms with Crippen molar-refractivity contribution in [1.29, 1.82) is 0 Å². The van der Waals surface area contributed by atoms with Crippen LogP contribution in [0, 0.1) is 11.8 Å². The molecule has 15 heavy (non-hydrogen) atoms. The number of likely N-dealkylation sites (tertiary alicyclic amines) is 1. The predicted octanol–water partition coefficient (Wildman–Crippen LogP) is 1.08. The fourth-order valence-corrected chi connectivity index (χ4v) is 2.98. The Kier molecular flexibility index (Phi) is 2.13. The highest BCUT2D eigenvalue weighted by atomic mass is 15.2. The summed E-state index contributed by atoms with van der Waals surface area (Å²) < 4.78 is 0. The van der Waals surface area contributed by atoms with Crippen LogP contribution in [-0.4, -0.2) is 43.1 Å². The average Bonchev–Trinajstić information content (AvgIpc) is 2.76. The van der Waals surface area contributed by atoms with Gasteiger partial charge in [-0.2, -0.15) is 0 Å². The largest absolute Gasteiger partial charge is 0.370 e. The van der Waals surface area contributed by atoms with Crippen LogP contribution in [0.4, 0.5) is 5.69 Å². The summed E-state index contributed by atoms with van der Waals surface area (Å²) in [6, 6.07) is 4.19. The average molecular weight is 203 g/mol. The van der Waals surface area contributed by atoms with Gasteiger partial charge in [0.25, 0.3) is 0 Å². The van der Waals surface area contributed by atoms with E-state index in [1.165, 1.54) is 31.9 Å². The second-order valence-corrected chi connectivity index (χ2v) is 4.86. The molecule has 2 saturated heterocycles. The Bertz CT molecular complexity index is 324. The number of fused-ring (bicyclic) bond motifs is 1. The molecule has 3 nitrogen and oxygen atoms in total. The van der Waals surface area contributed by atoms with Crippen molar-refractivity contribution >= 4 is 5.69 Å².